The largest absolute Gasteiger partial charge is 0.465 e. The van der Waals surface area contributed by atoms with Gasteiger partial charge in [-0.2, -0.15) is 5.10 Å². The van der Waals surface area contributed by atoms with Gasteiger partial charge in [0.05, 0.1) is 28.9 Å². The number of esters is 1. The van der Waals surface area contributed by atoms with Crippen LogP contribution < -0.4 is 0 Å². The van der Waals surface area contributed by atoms with E-state index in [1.807, 2.05) is 72.3 Å². The molecule has 0 fully saturated rings. The average molecular weight is 467 g/mol. The molecule has 4 aromatic carbocycles. The SMILES string of the molecule is COC(=O)c1cc2c(C)nn(C(c3ccccc3)(c3ccccc3)c3ccccc3)c2cc1Cl. The van der Waals surface area contributed by atoms with Gasteiger partial charge < -0.3 is 4.74 Å². The van der Waals surface area contributed by atoms with Gasteiger partial charge in [-0.25, -0.2) is 9.48 Å². The molecule has 0 saturated heterocycles. The van der Waals surface area contributed by atoms with Crippen LogP contribution in [0.5, 0.6) is 0 Å². The minimum absolute atomic E-state index is 0.323. The van der Waals surface area contributed by atoms with Crippen molar-refractivity contribution in [3.05, 3.63) is 136 Å². The molecule has 0 amide bonds. The van der Waals surface area contributed by atoms with Crippen LogP contribution >= 0.6 is 11.6 Å². The molecule has 34 heavy (non-hydrogen) atoms. The minimum Gasteiger partial charge on any atom is -0.465 e. The number of ether oxygens (including phenoxy) is 1. The second kappa shape index (κ2) is 8.81. The van der Waals surface area contributed by atoms with E-state index >= 15 is 0 Å². The Morgan fingerprint density at radius 2 is 1.29 bits per heavy atom. The molecule has 5 rings (SSSR count). The van der Waals surface area contributed by atoms with E-state index in [4.69, 9.17) is 21.4 Å². The van der Waals surface area contributed by atoms with E-state index in [1.165, 1.54) is 7.11 Å². The van der Waals surface area contributed by atoms with Crippen molar-refractivity contribution in [2.75, 3.05) is 7.11 Å². The fraction of sp³-hybridized carbons (Fsp3) is 0.103. The molecule has 1 aromatic heterocycles. The summed E-state index contributed by atoms with van der Waals surface area (Å²) in [5.74, 6) is -0.473. The lowest BCUT2D eigenvalue weighted by molar-refractivity contribution is 0.0601. The van der Waals surface area contributed by atoms with Crippen LogP contribution in [0.3, 0.4) is 0 Å². The van der Waals surface area contributed by atoms with Crippen LogP contribution in [-0.2, 0) is 10.3 Å². The van der Waals surface area contributed by atoms with Crippen LogP contribution in [0.25, 0.3) is 10.9 Å². The quantitative estimate of drug-likeness (QED) is 0.216. The van der Waals surface area contributed by atoms with Crippen molar-refractivity contribution in [2.45, 2.75) is 12.5 Å². The van der Waals surface area contributed by atoms with E-state index in [-0.39, 0.29) is 0 Å². The van der Waals surface area contributed by atoms with Crippen LogP contribution in [0.15, 0.2) is 103 Å². The summed E-state index contributed by atoms with van der Waals surface area (Å²) in [6.45, 7) is 1.94. The first-order valence-electron chi connectivity index (χ1n) is 11.0. The molecular formula is C29H23ClN2O2. The van der Waals surface area contributed by atoms with Gasteiger partial charge in [-0.1, -0.05) is 103 Å². The van der Waals surface area contributed by atoms with Crippen molar-refractivity contribution in [3.8, 4) is 0 Å². The molecule has 0 unspecified atom stereocenters. The van der Waals surface area contributed by atoms with Gasteiger partial charge in [-0.15, -0.1) is 0 Å². The number of carbonyl (C=O) groups is 1. The summed E-state index contributed by atoms with van der Waals surface area (Å²) in [7, 11) is 1.35. The molecule has 0 saturated carbocycles. The molecular weight excluding hydrogens is 444 g/mol. The van der Waals surface area contributed by atoms with E-state index < -0.39 is 11.5 Å². The molecule has 0 aliphatic rings. The summed E-state index contributed by atoms with van der Waals surface area (Å²) in [5, 5.41) is 6.23. The molecule has 4 nitrogen and oxygen atoms in total. The number of aryl methyl sites for hydroxylation is 1. The van der Waals surface area contributed by atoms with Gasteiger partial charge in [0.1, 0.15) is 5.54 Å². The second-order valence-electron chi connectivity index (χ2n) is 8.15. The van der Waals surface area contributed by atoms with Crippen molar-refractivity contribution < 1.29 is 9.53 Å². The van der Waals surface area contributed by atoms with E-state index in [0.717, 1.165) is 33.3 Å². The Hall–Kier alpha value is -3.89. The van der Waals surface area contributed by atoms with Gasteiger partial charge in [-0.05, 0) is 35.7 Å². The Kier molecular flexibility index (Phi) is 5.68. The molecule has 0 bridgehead atoms. The number of rotatable bonds is 5. The third kappa shape index (κ3) is 3.39. The molecule has 1 heterocycles. The number of fused-ring (bicyclic) bond motifs is 1. The van der Waals surface area contributed by atoms with Crippen molar-refractivity contribution in [1.82, 2.24) is 9.78 Å². The zero-order chi connectivity index (χ0) is 23.7. The fourth-order valence-electron chi connectivity index (χ4n) is 4.71. The van der Waals surface area contributed by atoms with Crippen molar-refractivity contribution in [1.29, 1.82) is 0 Å². The normalized spacial score (nSPS) is 11.5. The van der Waals surface area contributed by atoms with E-state index in [9.17, 15) is 4.79 Å². The average Bonchev–Trinajstić information content (AvgIpc) is 3.20. The molecule has 168 valence electrons. The molecule has 0 aliphatic heterocycles. The first-order valence-corrected chi connectivity index (χ1v) is 11.4. The van der Waals surface area contributed by atoms with Crippen LogP contribution in [0.1, 0.15) is 32.7 Å². The van der Waals surface area contributed by atoms with Crippen LogP contribution in [0.2, 0.25) is 5.02 Å². The number of methoxy groups -OCH3 is 1. The number of carbonyl (C=O) groups excluding carboxylic acids is 1. The predicted octanol–water partition coefficient (Wildman–Crippen LogP) is 6.62. The lowest BCUT2D eigenvalue weighted by Crippen LogP contribution is -2.38. The number of benzene rings is 4. The van der Waals surface area contributed by atoms with Crippen molar-refractivity contribution in [3.63, 3.8) is 0 Å². The summed E-state index contributed by atoms with van der Waals surface area (Å²) in [6, 6.07) is 34.6. The molecule has 0 aliphatic carbocycles. The maximum Gasteiger partial charge on any atom is 0.339 e. The number of halogens is 1. The lowest BCUT2D eigenvalue weighted by atomic mass is 9.77. The van der Waals surface area contributed by atoms with Crippen LogP contribution in [0.4, 0.5) is 0 Å². The van der Waals surface area contributed by atoms with Gasteiger partial charge in [-0.3, -0.25) is 0 Å². The van der Waals surface area contributed by atoms with E-state index in [1.54, 1.807) is 6.07 Å². The highest BCUT2D eigenvalue weighted by Crippen LogP contribution is 2.43. The Morgan fingerprint density at radius 3 is 1.74 bits per heavy atom. The Bertz CT molecular complexity index is 1370. The van der Waals surface area contributed by atoms with Gasteiger partial charge in [0.15, 0.2) is 0 Å². The molecule has 0 atom stereocenters. The van der Waals surface area contributed by atoms with Crippen LogP contribution in [-0.4, -0.2) is 22.9 Å². The summed E-state index contributed by atoms with van der Waals surface area (Å²) >= 11 is 6.60. The Balaban J connectivity index is 1.95. The maximum atomic E-state index is 12.3. The molecule has 0 N–H and O–H groups in total. The van der Waals surface area contributed by atoms with Crippen LogP contribution in [0, 0.1) is 6.92 Å². The Morgan fingerprint density at radius 1 is 0.824 bits per heavy atom. The monoisotopic (exact) mass is 466 g/mol. The third-order valence-electron chi connectivity index (χ3n) is 6.25. The highest BCUT2D eigenvalue weighted by Gasteiger charge is 2.40. The zero-order valence-corrected chi connectivity index (χ0v) is 19.7. The van der Waals surface area contributed by atoms with Crippen molar-refractivity contribution in [2.24, 2.45) is 0 Å². The number of hydrogen-bond acceptors (Lipinski definition) is 3. The zero-order valence-electron chi connectivity index (χ0n) is 18.9. The summed E-state index contributed by atoms with van der Waals surface area (Å²) in [6.07, 6.45) is 0. The molecule has 0 radical (unpaired) electrons. The lowest BCUT2D eigenvalue weighted by Gasteiger charge is -2.37. The van der Waals surface area contributed by atoms with Gasteiger partial charge in [0.2, 0.25) is 0 Å². The standard InChI is InChI=1S/C29H23ClN2O2/c1-20-24-18-25(28(33)34-2)26(30)19-27(24)32(31-20)29(21-12-6-3-7-13-21,22-14-8-4-9-15-22)23-16-10-5-11-17-23/h3-19H,1-2H3. The highest BCUT2D eigenvalue weighted by atomic mass is 35.5. The fourth-order valence-corrected chi connectivity index (χ4v) is 4.95. The second-order valence-corrected chi connectivity index (χ2v) is 8.55. The summed E-state index contributed by atoms with van der Waals surface area (Å²) < 4.78 is 6.97. The highest BCUT2D eigenvalue weighted by molar-refractivity contribution is 6.34. The third-order valence-corrected chi connectivity index (χ3v) is 6.56. The molecule has 0 spiro atoms. The first kappa shape index (κ1) is 21.9. The van der Waals surface area contributed by atoms with Gasteiger partial charge in [0, 0.05) is 5.39 Å². The smallest absolute Gasteiger partial charge is 0.339 e. The number of nitrogens with zero attached hydrogens (tertiary/aromatic N) is 2. The topological polar surface area (TPSA) is 44.1 Å². The van der Waals surface area contributed by atoms with Gasteiger partial charge >= 0.3 is 5.97 Å². The molecule has 5 aromatic rings. The summed E-state index contributed by atoms with van der Waals surface area (Å²) in [5.41, 5.74) is 4.35. The maximum absolute atomic E-state index is 12.3. The summed E-state index contributed by atoms with van der Waals surface area (Å²) in [4.78, 5) is 12.3. The number of aromatic nitrogens is 2. The van der Waals surface area contributed by atoms with E-state index in [2.05, 4.69) is 36.4 Å². The minimum atomic E-state index is -0.771. The predicted molar refractivity (Wildman–Crippen MR) is 135 cm³/mol. The van der Waals surface area contributed by atoms with E-state index in [0.29, 0.717) is 10.6 Å². The van der Waals surface area contributed by atoms with Crippen molar-refractivity contribution >= 4 is 28.5 Å². The molecule has 5 heteroatoms. The Labute approximate surface area is 203 Å². The number of hydrogen-bond donors (Lipinski definition) is 0. The first-order chi connectivity index (χ1) is 16.6. The van der Waals surface area contributed by atoms with Gasteiger partial charge in [0.25, 0.3) is 0 Å².